The summed E-state index contributed by atoms with van der Waals surface area (Å²) < 4.78 is 13.7. The molecule has 18 heavy (non-hydrogen) atoms. The van der Waals surface area contributed by atoms with Crippen LogP contribution in [0.5, 0.6) is 0 Å². The third-order valence-corrected chi connectivity index (χ3v) is 3.09. The third-order valence-electron chi connectivity index (χ3n) is 3.09. The van der Waals surface area contributed by atoms with Gasteiger partial charge in [-0.3, -0.25) is 0 Å². The normalized spacial score (nSPS) is 13.3. The Labute approximate surface area is 111 Å². The Bertz CT molecular complexity index is 347. The van der Waals surface area contributed by atoms with Crippen LogP contribution in [0.25, 0.3) is 0 Å². The smallest absolute Gasteiger partial charge is 0.126 e. The molecule has 0 aliphatic heterocycles. The SMILES string of the molecule is CC(C)CC(CNC(C)C)Cc1ccccc1F. The van der Waals surface area contributed by atoms with Crippen LogP contribution in [0.15, 0.2) is 24.3 Å². The van der Waals surface area contributed by atoms with Crippen LogP contribution < -0.4 is 5.32 Å². The zero-order valence-corrected chi connectivity index (χ0v) is 12.0. The lowest BCUT2D eigenvalue weighted by molar-refractivity contribution is 0.369. The first-order chi connectivity index (χ1) is 8.49. The molecular formula is C16H26FN. The maximum Gasteiger partial charge on any atom is 0.126 e. The van der Waals surface area contributed by atoms with Gasteiger partial charge in [0, 0.05) is 6.04 Å². The van der Waals surface area contributed by atoms with Crippen molar-refractivity contribution in [2.45, 2.75) is 46.6 Å². The van der Waals surface area contributed by atoms with Crippen molar-refractivity contribution in [3.8, 4) is 0 Å². The van der Waals surface area contributed by atoms with Gasteiger partial charge in [0.25, 0.3) is 0 Å². The van der Waals surface area contributed by atoms with E-state index >= 15 is 0 Å². The summed E-state index contributed by atoms with van der Waals surface area (Å²) in [5, 5.41) is 3.47. The summed E-state index contributed by atoms with van der Waals surface area (Å²) in [4.78, 5) is 0. The van der Waals surface area contributed by atoms with Gasteiger partial charge in [-0.2, -0.15) is 0 Å². The van der Waals surface area contributed by atoms with Crippen LogP contribution in [0, 0.1) is 17.7 Å². The molecule has 0 saturated carbocycles. The van der Waals surface area contributed by atoms with Crippen LogP contribution in [-0.2, 0) is 6.42 Å². The maximum atomic E-state index is 13.7. The van der Waals surface area contributed by atoms with Gasteiger partial charge in [-0.05, 0) is 42.9 Å². The minimum Gasteiger partial charge on any atom is -0.314 e. The van der Waals surface area contributed by atoms with Crippen molar-refractivity contribution in [3.05, 3.63) is 35.6 Å². The average Bonchev–Trinajstić information content (AvgIpc) is 2.28. The van der Waals surface area contributed by atoms with E-state index in [-0.39, 0.29) is 5.82 Å². The highest BCUT2D eigenvalue weighted by atomic mass is 19.1. The van der Waals surface area contributed by atoms with Crippen LogP contribution in [-0.4, -0.2) is 12.6 Å². The standard InChI is InChI=1S/C16H26FN/c1-12(2)9-14(11-18-13(3)4)10-15-7-5-6-8-16(15)17/h5-8,12-14,18H,9-11H2,1-4H3. The molecule has 0 amide bonds. The van der Waals surface area contributed by atoms with Gasteiger partial charge in [0.1, 0.15) is 5.82 Å². The van der Waals surface area contributed by atoms with Crippen molar-refractivity contribution in [3.63, 3.8) is 0 Å². The number of hydrogen-bond acceptors (Lipinski definition) is 1. The van der Waals surface area contributed by atoms with E-state index in [0.29, 0.717) is 17.9 Å². The monoisotopic (exact) mass is 251 g/mol. The predicted molar refractivity (Wildman–Crippen MR) is 76.2 cm³/mol. The number of halogens is 1. The number of hydrogen-bond donors (Lipinski definition) is 1. The topological polar surface area (TPSA) is 12.0 Å². The molecule has 0 aliphatic carbocycles. The van der Waals surface area contributed by atoms with E-state index in [1.165, 1.54) is 0 Å². The van der Waals surface area contributed by atoms with E-state index in [2.05, 4.69) is 33.0 Å². The van der Waals surface area contributed by atoms with Crippen LogP contribution in [0.1, 0.15) is 39.7 Å². The molecule has 1 aromatic carbocycles. The van der Waals surface area contributed by atoms with Gasteiger partial charge >= 0.3 is 0 Å². The molecule has 1 aromatic rings. The molecule has 2 heteroatoms. The van der Waals surface area contributed by atoms with Crippen molar-refractivity contribution in [1.82, 2.24) is 5.32 Å². The molecule has 1 N–H and O–H groups in total. The molecule has 1 atom stereocenters. The molecule has 1 rings (SSSR count). The van der Waals surface area contributed by atoms with E-state index in [1.54, 1.807) is 12.1 Å². The van der Waals surface area contributed by atoms with Crippen molar-refractivity contribution >= 4 is 0 Å². The summed E-state index contributed by atoms with van der Waals surface area (Å²) in [6.45, 7) is 9.71. The quantitative estimate of drug-likeness (QED) is 0.771. The van der Waals surface area contributed by atoms with Crippen molar-refractivity contribution in [2.75, 3.05) is 6.54 Å². The second-order valence-corrected chi connectivity index (χ2v) is 5.85. The van der Waals surface area contributed by atoms with Gasteiger partial charge < -0.3 is 5.32 Å². The van der Waals surface area contributed by atoms with Gasteiger partial charge in [0.05, 0.1) is 0 Å². The summed E-state index contributed by atoms with van der Waals surface area (Å²) in [5.41, 5.74) is 0.841. The van der Waals surface area contributed by atoms with Gasteiger partial charge in [-0.25, -0.2) is 4.39 Å². The largest absolute Gasteiger partial charge is 0.314 e. The third kappa shape index (κ3) is 5.63. The molecule has 0 saturated heterocycles. The Balaban J connectivity index is 2.62. The van der Waals surface area contributed by atoms with Crippen LogP contribution in [0.3, 0.4) is 0 Å². The second-order valence-electron chi connectivity index (χ2n) is 5.85. The molecule has 0 heterocycles. The minimum atomic E-state index is -0.0733. The molecule has 1 nitrogen and oxygen atoms in total. The fourth-order valence-electron chi connectivity index (χ4n) is 2.28. The Morgan fingerprint density at radius 2 is 1.78 bits per heavy atom. The molecule has 0 aliphatic rings. The van der Waals surface area contributed by atoms with Crippen LogP contribution >= 0.6 is 0 Å². The highest BCUT2D eigenvalue weighted by Gasteiger charge is 2.14. The fourth-order valence-corrected chi connectivity index (χ4v) is 2.28. The Morgan fingerprint density at radius 3 is 2.33 bits per heavy atom. The first kappa shape index (κ1) is 15.2. The van der Waals surface area contributed by atoms with Crippen molar-refractivity contribution < 1.29 is 4.39 Å². The summed E-state index contributed by atoms with van der Waals surface area (Å²) in [5.74, 6) is 1.08. The molecule has 0 radical (unpaired) electrons. The van der Waals surface area contributed by atoms with Crippen molar-refractivity contribution in [1.29, 1.82) is 0 Å². The van der Waals surface area contributed by atoms with Crippen LogP contribution in [0.2, 0.25) is 0 Å². The average molecular weight is 251 g/mol. The highest BCUT2D eigenvalue weighted by molar-refractivity contribution is 5.17. The lowest BCUT2D eigenvalue weighted by Crippen LogP contribution is -2.30. The molecule has 1 unspecified atom stereocenters. The molecule has 0 spiro atoms. The first-order valence-corrected chi connectivity index (χ1v) is 6.95. The van der Waals surface area contributed by atoms with Gasteiger partial charge in [-0.15, -0.1) is 0 Å². The zero-order chi connectivity index (χ0) is 13.5. The number of nitrogens with one attached hydrogen (secondary N) is 1. The lowest BCUT2D eigenvalue weighted by atomic mass is 9.90. The molecule has 0 bridgehead atoms. The number of benzene rings is 1. The molecule has 0 aromatic heterocycles. The minimum absolute atomic E-state index is 0.0733. The zero-order valence-electron chi connectivity index (χ0n) is 12.0. The number of rotatable bonds is 7. The summed E-state index contributed by atoms with van der Waals surface area (Å²) in [6.07, 6.45) is 1.96. The molecule has 102 valence electrons. The molecular weight excluding hydrogens is 225 g/mol. The molecule has 0 fully saturated rings. The predicted octanol–water partition coefficient (Wildman–Crippen LogP) is 4.03. The summed E-state index contributed by atoms with van der Waals surface area (Å²) in [7, 11) is 0. The van der Waals surface area contributed by atoms with Gasteiger partial charge in [0.15, 0.2) is 0 Å². The second kappa shape index (κ2) is 7.52. The van der Waals surface area contributed by atoms with Crippen LogP contribution in [0.4, 0.5) is 4.39 Å². The van der Waals surface area contributed by atoms with E-state index < -0.39 is 0 Å². The summed E-state index contributed by atoms with van der Waals surface area (Å²) in [6, 6.07) is 7.61. The lowest BCUT2D eigenvalue weighted by Gasteiger charge is -2.21. The fraction of sp³-hybridized carbons (Fsp3) is 0.625. The van der Waals surface area contributed by atoms with E-state index in [1.807, 2.05) is 12.1 Å². The highest BCUT2D eigenvalue weighted by Crippen LogP contribution is 2.18. The Kier molecular flexibility index (Phi) is 6.34. The maximum absolute atomic E-state index is 13.7. The van der Waals surface area contributed by atoms with E-state index in [9.17, 15) is 4.39 Å². The Hall–Kier alpha value is -0.890. The van der Waals surface area contributed by atoms with Gasteiger partial charge in [0.2, 0.25) is 0 Å². The summed E-state index contributed by atoms with van der Waals surface area (Å²) >= 11 is 0. The van der Waals surface area contributed by atoms with Crippen molar-refractivity contribution in [2.24, 2.45) is 11.8 Å². The Morgan fingerprint density at radius 1 is 1.11 bits per heavy atom. The van der Waals surface area contributed by atoms with E-state index in [4.69, 9.17) is 0 Å². The van der Waals surface area contributed by atoms with Gasteiger partial charge in [-0.1, -0.05) is 45.9 Å². The van der Waals surface area contributed by atoms with E-state index in [0.717, 1.165) is 24.9 Å². The first-order valence-electron chi connectivity index (χ1n) is 6.95.